The van der Waals surface area contributed by atoms with Gasteiger partial charge in [-0.15, -0.1) is 0 Å². The van der Waals surface area contributed by atoms with E-state index in [2.05, 4.69) is 10.1 Å². The molecule has 0 N–H and O–H groups in total. The molecule has 1 aliphatic heterocycles. The van der Waals surface area contributed by atoms with Gasteiger partial charge in [-0.3, -0.25) is 4.68 Å². The highest BCUT2D eigenvalue weighted by Gasteiger charge is 2.35. The number of carbonyl (C=O) groups excluding carboxylic acids is 1. The highest BCUT2D eigenvalue weighted by Crippen LogP contribution is 2.27. The molecular weight excluding hydrogens is 335 g/mol. The Hall–Kier alpha value is -2.15. The molecular formula is C16H18ClFN4O2. The zero-order valence-electron chi connectivity index (χ0n) is 13.7. The van der Waals surface area contributed by atoms with E-state index in [1.807, 2.05) is 20.8 Å². The molecule has 0 spiro atoms. The van der Waals surface area contributed by atoms with E-state index < -0.39 is 11.4 Å². The predicted octanol–water partition coefficient (Wildman–Crippen LogP) is 3.53. The number of halogens is 2. The van der Waals surface area contributed by atoms with Gasteiger partial charge in [0.05, 0.1) is 12.2 Å². The van der Waals surface area contributed by atoms with Crippen molar-refractivity contribution in [2.75, 3.05) is 13.1 Å². The van der Waals surface area contributed by atoms with Crippen LogP contribution in [0.2, 0.25) is 5.15 Å². The number of amides is 1. The molecule has 0 unspecified atom stereocenters. The van der Waals surface area contributed by atoms with Crippen molar-refractivity contribution in [3.05, 3.63) is 35.6 Å². The van der Waals surface area contributed by atoms with Crippen molar-refractivity contribution < 1.29 is 13.9 Å². The quantitative estimate of drug-likeness (QED) is 0.776. The molecule has 2 aromatic rings. The van der Waals surface area contributed by atoms with Crippen LogP contribution in [-0.2, 0) is 4.74 Å². The number of hydrogen-bond donors (Lipinski definition) is 0. The second-order valence-electron chi connectivity index (χ2n) is 6.74. The summed E-state index contributed by atoms with van der Waals surface area (Å²) < 4.78 is 21.0. The fourth-order valence-electron chi connectivity index (χ4n) is 2.39. The molecule has 0 aromatic carbocycles. The van der Waals surface area contributed by atoms with Gasteiger partial charge in [0.25, 0.3) is 0 Å². The molecule has 24 heavy (non-hydrogen) atoms. The van der Waals surface area contributed by atoms with Gasteiger partial charge in [0.1, 0.15) is 16.6 Å². The summed E-state index contributed by atoms with van der Waals surface area (Å²) in [5.74, 6) is -0.446. The molecule has 0 aliphatic carbocycles. The Morgan fingerprint density at radius 1 is 1.38 bits per heavy atom. The van der Waals surface area contributed by atoms with Crippen molar-refractivity contribution in [1.82, 2.24) is 19.7 Å². The van der Waals surface area contributed by atoms with E-state index in [0.29, 0.717) is 24.2 Å². The summed E-state index contributed by atoms with van der Waals surface area (Å²) in [4.78, 5) is 17.4. The summed E-state index contributed by atoms with van der Waals surface area (Å²) in [6.07, 6.45) is 4.36. The maximum atomic E-state index is 13.9. The number of aromatic nitrogens is 3. The normalized spacial score (nSPS) is 15.3. The van der Waals surface area contributed by atoms with Gasteiger partial charge in [-0.1, -0.05) is 11.6 Å². The minimum Gasteiger partial charge on any atom is -0.444 e. The van der Waals surface area contributed by atoms with E-state index in [4.69, 9.17) is 16.3 Å². The molecule has 1 saturated heterocycles. The third kappa shape index (κ3) is 3.51. The Labute approximate surface area is 144 Å². The molecule has 1 amide bonds. The lowest BCUT2D eigenvalue weighted by Gasteiger charge is -2.39. The van der Waals surface area contributed by atoms with Crippen molar-refractivity contribution >= 4 is 17.7 Å². The van der Waals surface area contributed by atoms with Crippen molar-refractivity contribution in [1.29, 1.82) is 0 Å². The van der Waals surface area contributed by atoms with Crippen molar-refractivity contribution in [3.8, 4) is 11.1 Å². The monoisotopic (exact) mass is 352 g/mol. The number of likely N-dealkylation sites (tertiary alicyclic amines) is 1. The highest BCUT2D eigenvalue weighted by atomic mass is 35.5. The number of ether oxygens (including phenoxy) is 1. The van der Waals surface area contributed by atoms with Crippen LogP contribution in [0, 0.1) is 5.82 Å². The molecule has 8 heteroatoms. The maximum absolute atomic E-state index is 13.9. The van der Waals surface area contributed by atoms with Crippen molar-refractivity contribution in [2.45, 2.75) is 32.4 Å². The van der Waals surface area contributed by atoms with Gasteiger partial charge in [-0.2, -0.15) is 5.10 Å². The van der Waals surface area contributed by atoms with E-state index in [1.54, 1.807) is 22.0 Å². The summed E-state index contributed by atoms with van der Waals surface area (Å²) in [6.45, 7) is 6.51. The van der Waals surface area contributed by atoms with Crippen LogP contribution in [0.25, 0.3) is 11.1 Å². The van der Waals surface area contributed by atoms with Gasteiger partial charge in [0, 0.05) is 42.7 Å². The predicted molar refractivity (Wildman–Crippen MR) is 87.3 cm³/mol. The summed E-state index contributed by atoms with van der Waals surface area (Å²) in [5.41, 5.74) is 0.446. The third-order valence-corrected chi connectivity index (χ3v) is 3.83. The molecule has 1 aliphatic rings. The SMILES string of the molecule is CC(C)(C)OC(=O)N1CC(n2cc(-c3cnc(Cl)cc3F)cn2)C1. The number of rotatable bonds is 2. The van der Waals surface area contributed by atoms with Crippen LogP contribution in [0.4, 0.5) is 9.18 Å². The fourth-order valence-corrected chi connectivity index (χ4v) is 2.54. The molecule has 1 fully saturated rings. The Kier molecular flexibility index (Phi) is 4.21. The number of nitrogens with zero attached hydrogens (tertiary/aromatic N) is 4. The van der Waals surface area contributed by atoms with Gasteiger partial charge in [0.15, 0.2) is 0 Å². The molecule has 3 heterocycles. The first-order chi connectivity index (χ1) is 11.2. The third-order valence-electron chi connectivity index (χ3n) is 3.62. The van der Waals surface area contributed by atoms with E-state index in [-0.39, 0.29) is 17.3 Å². The van der Waals surface area contributed by atoms with Crippen LogP contribution >= 0.6 is 11.6 Å². The molecule has 0 saturated carbocycles. The lowest BCUT2D eigenvalue weighted by atomic mass is 10.1. The standard InChI is InChI=1S/C16H18ClFN4O2/c1-16(2,3)24-15(23)21-8-11(9-21)22-7-10(5-20-22)12-6-19-14(17)4-13(12)18/h4-7,11H,8-9H2,1-3H3. The average Bonchev–Trinajstić information content (AvgIpc) is 2.83. The zero-order valence-corrected chi connectivity index (χ0v) is 14.4. The average molecular weight is 353 g/mol. The lowest BCUT2D eigenvalue weighted by Crippen LogP contribution is -2.52. The topological polar surface area (TPSA) is 60.2 Å². The molecule has 0 bridgehead atoms. The molecule has 2 aromatic heterocycles. The fraction of sp³-hybridized carbons (Fsp3) is 0.438. The first-order valence-corrected chi connectivity index (χ1v) is 7.94. The summed E-state index contributed by atoms with van der Waals surface area (Å²) in [6, 6.07) is 1.22. The van der Waals surface area contributed by atoms with Crippen LogP contribution in [0.3, 0.4) is 0 Å². The highest BCUT2D eigenvalue weighted by molar-refractivity contribution is 6.29. The zero-order chi connectivity index (χ0) is 17.5. The first kappa shape index (κ1) is 16.7. The van der Waals surface area contributed by atoms with Crippen molar-refractivity contribution in [3.63, 3.8) is 0 Å². The van der Waals surface area contributed by atoms with Crippen LogP contribution in [0.1, 0.15) is 26.8 Å². The van der Waals surface area contributed by atoms with Crippen LogP contribution < -0.4 is 0 Å². The van der Waals surface area contributed by atoms with Gasteiger partial charge < -0.3 is 9.64 Å². The van der Waals surface area contributed by atoms with Gasteiger partial charge in [-0.25, -0.2) is 14.2 Å². The second kappa shape index (κ2) is 6.05. The Bertz CT molecular complexity index is 766. The van der Waals surface area contributed by atoms with E-state index in [1.165, 1.54) is 12.3 Å². The lowest BCUT2D eigenvalue weighted by molar-refractivity contribution is -0.000380. The Morgan fingerprint density at radius 2 is 2.08 bits per heavy atom. The molecule has 0 atom stereocenters. The molecule has 6 nitrogen and oxygen atoms in total. The second-order valence-corrected chi connectivity index (χ2v) is 7.12. The van der Waals surface area contributed by atoms with E-state index in [0.717, 1.165) is 0 Å². The largest absolute Gasteiger partial charge is 0.444 e. The van der Waals surface area contributed by atoms with Crippen LogP contribution in [-0.4, -0.2) is 44.4 Å². The van der Waals surface area contributed by atoms with Gasteiger partial charge in [0.2, 0.25) is 0 Å². The van der Waals surface area contributed by atoms with E-state index >= 15 is 0 Å². The maximum Gasteiger partial charge on any atom is 0.410 e. The summed E-state index contributed by atoms with van der Waals surface area (Å²) in [7, 11) is 0. The Morgan fingerprint density at radius 3 is 2.71 bits per heavy atom. The first-order valence-electron chi connectivity index (χ1n) is 7.56. The minimum absolute atomic E-state index is 0.0505. The minimum atomic E-state index is -0.514. The smallest absolute Gasteiger partial charge is 0.410 e. The van der Waals surface area contributed by atoms with Crippen LogP contribution in [0.5, 0.6) is 0 Å². The van der Waals surface area contributed by atoms with Gasteiger partial charge in [-0.05, 0) is 20.8 Å². The number of carbonyl (C=O) groups is 1. The van der Waals surface area contributed by atoms with Gasteiger partial charge >= 0.3 is 6.09 Å². The number of hydrogen-bond acceptors (Lipinski definition) is 4. The molecule has 3 rings (SSSR count). The van der Waals surface area contributed by atoms with Crippen molar-refractivity contribution in [2.24, 2.45) is 0 Å². The molecule has 0 radical (unpaired) electrons. The van der Waals surface area contributed by atoms with E-state index in [9.17, 15) is 9.18 Å². The summed E-state index contributed by atoms with van der Waals surface area (Å²) >= 11 is 5.66. The summed E-state index contributed by atoms with van der Waals surface area (Å²) in [5, 5.41) is 4.36. The van der Waals surface area contributed by atoms with Crippen LogP contribution in [0.15, 0.2) is 24.7 Å². The number of pyridine rings is 1. The Balaban J connectivity index is 1.65. The molecule has 128 valence electrons.